The molecule has 1 aliphatic rings. The van der Waals surface area contributed by atoms with Gasteiger partial charge in [-0.2, -0.15) is 0 Å². The molecule has 114 valence electrons. The molecule has 0 amide bonds. The molecule has 3 nitrogen and oxygen atoms in total. The quantitative estimate of drug-likeness (QED) is 0.738. The minimum atomic E-state index is 0.506. The van der Waals surface area contributed by atoms with E-state index in [1.165, 1.54) is 28.5 Å². The van der Waals surface area contributed by atoms with Gasteiger partial charge in [0.15, 0.2) is 5.13 Å². The maximum atomic E-state index is 4.90. The van der Waals surface area contributed by atoms with Gasteiger partial charge in [-0.1, -0.05) is 27.7 Å². The number of hydrogen-bond acceptors (Lipinski definition) is 4. The van der Waals surface area contributed by atoms with Crippen LogP contribution in [-0.2, 0) is 6.54 Å². The van der Waals surface area contributed by atoms with Gasteiger partial charge in [0.25, 0.3) is 0 Å². The van der Waals surface area contributed by atoms with Crippen LogP contribution in [0.3, 0.4) is 0 Å². The molecular weight excluding hydrogens is 266 g/mol. The SMILES string of the molecule is CCCNCc1sc(N(C)CC2CC2C)nc1C(C)C. The van der Waals surface area contributed by atoms with Crippen LogP contribution in [0.25, 0.3) is 0 Å². The van der Waals surface area contributed by atoms with E-state index in [-0.39, 0.29) is 0 Å². The van der Waals surface area contributed by atoms with Gasteiger partial charge in [0, 0.05) is 25.0 Å². The van der Waals surface area contributed by atoms with Crippen LogP contribution in [0.15, 0.2) is 0 Å². The second-order valence-corrected chi connectivity index (χ2v) is 7.55. The first-order valence-corrected chi connectivity index (χ1v) is 8.76. The van der Waals surface area contributed by atoms with E-state index in [1.54, 1.807) is 0 Å². The molecule has 1 aliphatic carbocycles. The van der Waals surface area contributed by atoms with Gasteiger partial charge in [0.2, 0.25) is 0 Å². The number of rotatable bonds is 8. The van der Waals surface area contributed by atoms with Crippen molar-refractivity contribution in [3.8, 4) is 0 Å². The summed E-state index contributed by atoms with van der Waals surface area (Å²) in [5.41, 5.74) is 1.28. The normalized spacial score (nSPS) is 21.5. The lowest BCUT2D eigenvalue weighted by Gasteiger charge is -2.15. The van der Waals surface area contributed by atoms with Gasteiger partial charge >= 0.3 is 0 Å². The number of aromatic nitrogens is 1. The second kappa shape index (κ2) is 6.90. The van der Waals surface area contributed by atoms with Gasteiger partial charge < -0.3 is 10.2 Å². The molecule has 0 aliphatic heterocycles. The van der Waals surface area contributed by atoms with E-state index in [1.807, 2.05) is 11.3 Å². The molecule has 0 saturated heterocycles. The standard InChI is InChI=1S/C16H29N3S/c1-6-7-17-9-14-15(11(2)3)18-16(20-14)19(5)10-13-8-12(13)4/h11-13,17H,6-10H2,1-5H3. The molecule has 1 aromatic rings. The first-order chi connectivity index (χ1) is 9.52. The molecule has 2 rings (SSSR count). The highest BCUT2D eigenvalue weighted by Crippen LogP contribution is 2.39. The van der Waals surface area contributed by atoms with Crippen LogP contribution in [0.4, 0.5) is 5.13 Å². The van der Waals surface area contributed by atoms with Crippen molar-refractivity contribution < 1.29 is 0 Å². The van der Waals surface area contributed by atoms with Crippen molar-refractivity contribution in [1.29, 1.82) is 0 Å². The van der Waals surface area contributed by atoms with E-state index in [0.29, 0.717) is 5.92 Å². The van der Waals surface area contributed by atoms with Crippen LogP contribution in [-0.4, -0.2) is 25.1 Å². The third kappa shape index (κ3) is 3.95. The summed E-state index contributed by atoms with van der Waals surface area (Å²) in [7, 11) is 2.19. The number of hydrogen-bond donors (Lipinski definition) is 1. The molecule has 2 unspecified atom stereocenters. The zero-order valence-electron chi connectivity index (χ0n) is 13.6. The second-order valence-electron chi connectivity index (χ2n) is 6.49. The van der Waals surface area contributed by atoms with Crippen LogP contribution < -0.4 is 10.2 Å². The van der Waals surface area contributed by atoms with Gasteiger partial charge in [-0.15, -0.1) is 11.3 Å². The fraction of sp³-hybridized carbons (Fsp3) is 0.812. The summed E-state index contributed by atoms with van der Waals surface area (Å²) in [5.74, 6) is 2.30. The fourth-order valence-electron chi connectivity index (χ4n) is 2.55. The monoisotopic (exact) mass is 295 g/mol. The Bertz CT molecular complexity index is 427. The lowest BCUT2D eigenvalue weighted by Crippen LogP contribution is -2.20. The van der Waals surface area contributed by atoms with Crippen molar-refractivity contribution in [2.75, 3.05) is 25.0 Å². The molecule has 0 aromatic carbocycles. The number of thiazole rings is 1. The molecule has 0 radical (unpaired) electrons. The maximum Gasteiger partial charge on any atom is 0.185 e. The molecule has 1 fully saturated rings. The third-order valence-electron chi connectivity index (χ3n) is 4.09. The molecule has 0 spiro atoms. The molecule has 2 atom stereocenters. The van der Waals surface area contributed by atoms with E-state index in [2.05, 4.69) is 45.0 Å². The number of nitrogens with zero attached hydrogens (tertiary/aromatic N) is 2. The Balaban J connectivity index is 2.03. The van der Waals surface area contributed by atoms with E-state index in [4.69, 9.17) is 4.98 Å². The van der Waals surface area contributed by atoms with Crippen molar-refractivity contribution in [3.63, 3.8) is 0 Å². The first kappa shape index (κ1) is 15.8. The van der Waals surface area contributed by atoms with E-state index in [9.17, 15) is 0 Å². The largest absolute Gasteiger partial charge is 0.351 e. The van der Waals surface area contributed by atoms with Gasteiger partial charge in [0.1, 0.15) is 0 Å². The van der Waals surface area contributed by atoms with Crippen molar-refractivity contribution in [2.45, 2.75) is 53.0 Å². The van der Waals surface area contributed by atoms with Gasteiger partial charge in [-0.25, -0.2) is 4.98 Å². The summed E-state index contributed by atoms with van der Waals surface area (Å²) in [4.78, 5) is 8.67. The van der Waals surface area contributed by atoms with E-state index < -0.39 is 0 Å². The van der Waals surface area contributed by atoms with E-state index >= 15 is 0 Å². The summed E-state index contributed by atoms with van der Waals surface area (Å²) in [6, 6.07) is 0. The fourth-order valence-corrected chi connectivity index (χ4v) is 3.71. The molecule has 4 heteroatoms. The Morgan fingerprint density at radius 3 is 2.70 bits per heavy atom. The molecule has 1 heterocycles. The van der Waals surface area contributed by atoms with Gasteiger partial charge in [-0.05, 0) is 37.1 Å². The molecule has 0 bridgehead atoms. The van der Waals surface area contributed by atoms with Crippen molar-refractivity contribution in [1.82, 2.24) is 10.3 Å². The Morgan fingerprint density at radius 2 is 2.15 bits per heavy atom. The first-order valence-electron chi connectivity index (χ1n) is 7.94. The summed E-state index contributed by atoms with van der Waals surface area (Å²) in [6.45, 7) is 12.2. The zero-order chi connectivity index (χ0) is 14.7. The van der Waals surface area contributed by atoms with Crippen LogP contribution in [0.2, 0.25) is 0 Å². The van der Waals surface area contributed by atoms with Crippen LogP contribution in [0.1, 0.15) is 57.0 Å². The molecular formula is C16H29N3S. The molecule has 1 N–H and O–H groups in total. The van der Waals surface area contributed by atoms with Gasteiger partial charge in [-0.3, -0.25) is 0 Å². The Kier molecular flexibility index (Phi) is 5.44. The van der Waals surface area contributed by atoms with Crippen molar-refractivity contribution >= 4 is 16.5 Å². The average Bonchev–Trinajstić information content (AvgIpc) is 2.92. The Morgan fingerprint density at radius 1 is 1.45 bits per heavy atom. The summed E-state index contributed by atoms with van der Waals surface area (Å²) >= 11 is 1.87. The van der Waals surface area contributed by atoms with Crippen LogP contribution >= 0.6 is 11.3 Å². The summed E-state index contributed by atoms with van der Waals surface area (Å²) in [5, 5.41) is 4.71. The predicted octanol–water partition coefficient (Wildman–Crippen LogP) is 3.86. The van der Waals surface area contributed by atoms with Gasteiger partial charge in [0.05, 0.1) is 5.69 Å². The predicted molar refractivity (Wildman–Crippen MR) is 88.7 cm³/mol. The smallest absolute Gasteiger partial charge is 0.185 e. The van der Waals surface area contributed by atoms with E-state index in [0.717, 1.165) is 31.5 Å². The topological polar surface area (TPSA) is 28.2 Å². The lowest BCUT2D eigenvalue weighted by molar-refractivity contribution is 0.670. The average molecular weight is 295 g/mol. The van der Waals surface area contributed by atoms with Crippen molar-refractivity contribution in [2.24, 2.45) is 11.8 Å². The molecule has 1 aromatic heterocycles. The Hall–Kier alpha value is -0.610. The highest BCUT2D eigenvalue weighted by Gasteiger charge is 2.33. The molecule has 1 saturated carbocycles. The Labute approximate surface area is 127 Å². The minimum Gasteiger partial charge on any atom is -0.351 e. The van der Waals surface area contributed by atoms with Crippen LogP contribution in [0.5, 0.6) is 0 Å². The minimum absolute atomic E-state index is 0.506. The van der Waals surface area contributed by atoms with Crippen molar-refractivity contribution in [3.05, 3.63) is 10.6 Å². The number of nitrogens with one attached hydrogen (secondary N) is 1. The molecule has 20 heavy (non-hydrogen) atoms. The lowest BCUT2D eigenvalue weighted by atomic mass is 10.1. The van der Waals surface area contributed by atoms with Crippen LogP contribution in [0, 0.1) is 11.8 Å². The highest BCUT2D eigenvalue weighted by atomic mass is 32.1. The third-order valence-corrected chi connectivity index (χ3v) is 5.27. The maximum absolute atomic E-state index is 4.90. The summed E-state index contributed by atoms with van der Waals surface area (Å²) in [6.07, 6.45) is 2.57. The number of anilines is 1. The summed E-state index contributed by atoms with van der Waals surface area (Å²) < 4.78 is 0. The zero-order valence-corrected chi connectivity index (χ0v) is 14.4. The highest BCUT2D eigenvalue weighted by molar-refractivity contribution is 7.15.